The smallest absolute Gasteiger partial charge is 0.328 e. The molecule has 0 atom stereocenters. The van der Waals surface area contributed by atoms with Crippen molar-refractivity contribution in [2.45, 2.75) is 20.0 Å². The predicted octanol–water partition coefficient (Wildman–Crippen LogP) is -0.0442. The van der Waals surface area contributed by atoms with E-state index in [2.05, 4.69) is 0 Å². The second-order valence-corrected chi connectivity index (χ2v) is 2.99. The first kappa shape index (κ1) is 8.99. The first-order chi connectivity index (χ1) is 5.65. The summed E-state index contributed by atoms with van der Waals surface area (Å²) < 4.78 is 3.09. The number of nitrogens with two attached hydrogens (primary N) is 1. The number of thiocarbonyl (C=S) groups is 1. The minimum absolute atomic E-state index is 0.0645. The number of aromatic nitrogens is 2. The highest BCUT2D eigenvalue weighted by molar-refractivity contribution is 7.80. The molecule has 1 aromatic heterocycles. The zero-order chi connectivity index (χ0) is 9.14. The maximum absolute atomic E-state index is 11.3. The third-order valence-corrected chi connectivity index (χ3v) is 1.71. The third kappa shape index (κ3) is 1.73. The van der Waals surface area contributed by atoms with Gasteiger partial charge in [-0.05, 0) is 6.92 Å². The molecule has 1 heterocycles. The molecule has 0 aliphatic carbocycles. The SMILES string of the molecule is CCn1ccn(CC(N)=S)c1=O. The molecule has 0 saturated heterocycles. The number of aryl methyl sites for hydroxylation is 1. The Kier molecular flexibility index (Phi) is 2.65. The molecular weight excluding hydrogens is 174 g/mol. The summed E-state index contributed by atoms with van der Waals surface area (Å²) in [5, 5.41) is 0. The average molecular weight is 185 g/mol. The van der Waals surface area contributed by atoms with Gasteiger partial charge in [0.1, 0.15) is 0 Å². The van der Waals surface area contributed by atoms with Crippen LogP contribution in [-0.4, -0.2) is 14.1 Å². The molecule has 12 heavy (non-hydrogen) atoms. The fraction of sp³-hybridized carbons (Fsp3) is 0.429. The van der Waals surface area contributed by atoms with Gasteiger partial charge < -0.3 is 5.73 Å². The Bertz CT molecular complexity index is 339. The van der Waals surface area contributed by atoms with Crippen LogP contribution in [0.25, 0.3) is 0 Å². The van der Waals surface area contributed by atoms with E-state index in [1.165, 1.54) is 4.57 Å². The van der Waals surface area contributed by atoms with Crippen molar-refractivity contribution in [3.8, 4) is 0 Å². The van der Waals surface area contributed by atoms with Crippen LogP contribution in [0.1, 0.15) is 6.92 Å². The summed E-state index contributed by atoms with van der Waals surface area (Å²) in [6.45, 7) is 2.90. The summed E-state index contributed by atoms with van der Waals surface area (Å²) >= 11 is 4.69. The van der Waals surface area contributed by atoms with Crippen LogP contribution in [0.3, 0.4) is 0 Å². The number of imidazole rings is 1. The van der Waals surface area contributed by atoms with E-state index in [0.29, 0.717) is 18.1 Å². The van der Waals surface area contributed by atoms with Gasteiger partial charge in [-0.15, -0.1) is 0 Å². The fourth-order valence-corrected chi connectivity index (χ4v) is 1.12. The Morgan fingerprint density at radius 2 is 2.17 bits per heavy atom. The van der Waals surface area contributed by atoms with Crippen LogP contribution in [0.15, 0.2) is 17.2 Å². The van der Waals surface area contributed by atoms with E-state index in [9.17, 15) is 4.79 Å². The largest absolute Gasteiger partial charge is 0.392 e. The molecule has 0 spiro atoms. The van der Waals surface area contributed by atoms with Gasteiger partial charge in [0.05, 0.1) is 11.5 Å². The maximum atomic E-state index is 11.3. The minimum atomic E-state index is -0.0645. The normalized spacial score (nSPS) is 10.1. The summed E-state index contributed by atoms with van der Waals surface area (Å²) in [6, 6.07) is 0. The van der Waals surface area contributed by atoms with Crippen molar-refractivity contribution in [3.05, 3.63) is 22.9 Å². The van der Waals surface area contributed by atoms with Gasteiger partial charge in [-0.3, -0.25) is 9.13 Å². The Morgan fingerprint density at radius 1 is 1.58 bits per heavy atom. The van der Waals surface area contributed by atoms with Crippen molar-refractivity contribution in [2.24, 2.45) is 5.73 Å². The van der Waals surface area contributed by atoms with Crippen LogP contribution in [-0.2, 0) is 13.1 Å². The van der Waals surface area contributed by atoms with E-state index in [1.54, 1.807) is 17.0 Å². The monoisotopic (exact) mass is 185 g/mol. The molecule has 5 heteroatoms. The van der Waals surface area contributed by atoms with E-state index in [-0.39, 0.29) is 5.69 Å². The van der Waals surface area contributed by atoms with Gasteiger partial charge in [-0.1, -0.05) is 12.2 Å². The Labute approximate surface area is 75.6 Å². The van der Waals surface area contributed by atoms with Crippen molar-refractivity contribution in [2.75, 3.05) is 0 Å². The van der Waals surface area contributed by atoms with Crippen LogP contribution in [0, 0.1) is 0 Å². The molecule has 0 fully saturated rings. The number of nitrogens with zero attached hydrogens (tertiary/aromatic N) is 2. The van der Waals surface area contributed by atoms with Crippen LogP contribution in [0.2, 0.25) is 0 Å². The molecule has 1 aromatic rings. The molecule has 1 rings (SSSR count). The molecule has 0 unspecified atom stereocenters. The van der Waals surface area contributed by atoms with Gasteiger partial charge in [-0.25, -0.2) is 4.79 Å². The van der Waals surface area contributed by atoms with E-state index in [0.717, 1.165) is 0 Å². The predicted molar refractivity (Wildman–Crippen MR) is 51.2 cm³/mol. The maximum Gasteiger partial charge on any atom is 0.328 e. The Hall–Kier alpha value is -1.10. The third-order valence-electron chi connectivity index (χ3n) is 1.58. The zero-order valence-electron chi connectivity index (χ0n) is 6.86. The van der Waals surface area contributed by atoms with E-state index in [1.807, 2.05) is 6.92 Å². The summed E-state index contributed by atoms with van der Waals surface area (Å²) in [5.74, 6) is 0. The van der Waals surface area contributed by atoms with Crippen molar-refractivity contribution in [1.82, 2.24) is 9.13 Å². The minimum Gasteiger partial charge on any atom is -0.392 e. The average Bonchev–Trinajstić information content (AvgIpc) is 2.32. The van der Waals surface area contributed by atoms with Crippen LogP contribution in [0.5, 0.6) is 0 Å². The summed E-state index contributed by atoms with van der Waals surface area (Å²) in [4.78, 5) is 11.7. The van der Waals surface area contributed by atoms with Gasteiger partial charge in [0.2, 0.25) is 0 Å². The van der Waals surface area contributed by atoms with Crippen LogP contribution < -0.4 is 11.4 Å². The van der Waals surface area contributed by atoms with Crippen molar-refractivity contribution in [1.29, 1.82) is 0 Å². The van der Waals surface area contributed by atoms with Gasteiger partial charge >= 0.3 is 5.69 Å². The van der Waals surface area contributed by atoms with Crippen molar-refractivity contribution in [3.63, 3.8) is 0 Å². The second kappa shape index (κ2) is 3.53. The van der Waals surface area contributed by atoms with Gasteiger partial charge in [-0.2, -0.15) is 0 Å². The van der Waals surface area contributed by atoms with E-state index < -0.39 is 0 Å². The van der Waals surface area contributed by atoms with Crippen molar-refractivity contribution >= 4 is 17.2 Å². The lowest BCUT2D eigenvalue weighted by atomic mass is 10.6. The fourth-order valence-electron chi connectivity index (χ4n) is 0.982. The summed E-state index contributed by atoms with van der Waals surface area (Å²) in [7, 11) is 0. The quantitative estimate of drug-likeness (QED) is 0.672. The molecular formula is C7H11N3OS. The lowest BCUT2D eigenvalue weighted by molar-refractivity contribution is 0.683. The Balaban J connectivity index is 2.95. The molecule has 0 saturated carbocycles. The van der Waals surface area contributed by atoms with Crippen LogP contribution in [0.4, 0.5) is 0 Å². The standard InChI is InChI=1S/C7H11N3OS/c1-2-9-3-4-10(7(9)11)5-6(8)12/h3-4H,2,5H2,1H3,(H2,8,12). The lowest BCUT2D eigenvalue weighted by Crippen LogP contribution is -2.28. The molecule has 0 aliphatic rings. The highest BCUT2D eigenvalue weighted by atomic mass is 32.1. The molecule has 0 radical (unpaired) electrons. The number of hydrogen-bond donors (Lipinski definition) is 1. The van der Waals surface area contributed by atoms with Crippen molar-refractivity contribution < 1.29 is 0 Å². The molecule has 0 aliphatic heterocycles. The van der Waals surface area contributed by atoms with Gasteiger partial charge in [0.25, 0.3) is 0 Å². The molecule has 4 nitrogen and oxygen atoms in total. The first-order valence-corrected chi connectivity index (χ1v) is 4.10. The molecule has 2 N–H and O–H groups in total. The zero-order valence-corrected chi connectivity index (χ0v) is 7.67. The molecule has 0 aromatic carbocycles. The number of hydrogen-bond acceptors (Lipinski definition) is 2. The molecule has 0 bridgehead atoms. The highest BCUT2D eigenvalue weighted by Crippen LogP contribution is 1.85. The summed E-state index contributed by atoms with van der Waals surface area (Å²) in [6.07, 6.45) is 3.41. The molecule has 66 valence electrons. The molecule has 0 amide bonds. The second-order valence-electron chi connectivity index (χ2n) is 2.46. The van der Waals surface area contributed by atoms with Gasteiger partial charge in [0, 0.05) is 18.9 Å². The van der Waals surface area contributed by atoms with E-state index in [4.69, 9.17) is 18.0 Å². The Morgan fingerprint density at radius 3 is 2.58 bits per heavy atom. The van der Waals surface area contributed by atoms with E-state index >= 15 is 0 Å². The van der Waals surface area contributed by atoms with Crippen LogP contribution >= 0.6 is 12.2 Å². The number of rotatable bonds is 3. The highest BCUT2D eigenvalue weighted by Gasteiger charge is 2.00. The first-order valence-electron chi connectivity index (χ1n) is 3.69. The summed E-state index contributed by atoms with van der Waals surface area (Å²) in [5.41, 5.74) is 5.24. The lowest BCUT2D eigenvalue weighted by Gasteiger charge is -1.97. The van der Waals surface area contributed by atoms with Gasteiger partial charge in [0.15, 0.2) is 0 Å². The topological polar surface area (TPSA) is 52.9 Å².